The van der Waals surface area contributed by atoms with E-state index in [9.17, 15) is 0 Å². The standard InChI is InChI=1S/C14H27NO/c1-10-9-14(3,4)7-5-12(10)15-13-6-8-16-11(13)2/h10-13,15H,5-9H2,1-4H3. The van der Waals surface area contributed by atoms with Crippen LogP contribution in [-0.2, 0) is 4.74 Å². The van der Waals surface area contributed by atoms with E-state index in [1.807, 2.05) is 0 Å². The van der Waals surface area contributed by atoms with Crippen LogP contribution in [0.5, 0.6) is 0 Å². The van der Waals surface area contributed by atoms with Gasteiger partial charge in [-0.05, 0) is 43.9 Å². The minimum absolute atomic E-state index is 0.405. The second-order valence-corrected chi connectivity index (χ2v) is 6.63. The summed E-state index contributed by atoms with van der Waals surface area (Å²) >= 11 is 0. The molecule has 1 saturated heterocycles. The molecule has 2 heteroatoms. The first kappa shape index (κ1) is 12.4. The maximum Gasteiger partial charge on any atom is 0.0700 e. The first-order valence-corrected chi connectivity index (χ1v) is 6.85. The molecule has 0 spiro atoms. The first-order valence-electron chi connectivity index (χ1n) is 6.85. The van der Waals surface area contributed by atoms with Crippen LogP contribution in [0.4, 0.5) is 0 Å². The lowest BCUT2D eigenvalue weighted by Gasteiger charge is -2.41. The molecule has 0 aromatic rings. The second kappa shape index (κ2) is 4.66. The summed E-state index contributed by atoms with van der Waals surface area (Å²) < 4.78 is 5.62. The van der Waals surface area contributed by atoms with Crippen molar-refractivity contribution in [1.82, 2.24) is 5.32 Å². The van der Waals surface area contributed by atoms with E-state index < -0.39 is 0 Å². The van der Waals surface area contributed by atoms with Gasteiger partial charge in [0.2, 0.25) is 0 Å². The lowest BCUT2D eigenvalue weighted by molar-refractivity contribution is 0.0959. The SMILES string of the molecule is CC1CC(C)(C)CCC1NC1CCOC1C. The van der Waals surface area contributed by atoms with E-state index in [4.69, 9.17) is 4.74 Å². The fourth-order valence-electron chi connectivity index (χ4n) is 3.42. The van der Waals surface area contributed by atoms with Crippen molar-refractivity contribution in [3.63, 3.8) is 0 Å². The van der Waals surface area contributed by atoms with Gasteiger partial charge in [-0.1, -0.05) is 20.8 Å². The van der Waals surface area contributed by atoms with Crippen LogP contribution in [0.2, 0.25) is 0 Å². The summed E-state index contributed by atoms with van der Waals surface area (Å²) in [4.78, 5) is 0. The molecule has 0 bridgehead atoms. The van der Waals surface area contributed by atoms with Gasteiger partial charge >= 0.3 is 0 Å². The van der Waals surface area contributed by atoms with Gasteiger partial charge in [0.25, 0.3) is 0 Å². The molecular formula is C14H27NO. The fourth-order valence-corrected chi connectivity index (χ4v) is 3.42. The molecule has 2 fully saturated rings. The number of hydrogen-bond acceptors (Lipinski definition) is 2. The van der Waals surface area contributed by atoms with Crippen LogP contribution in [0.3, 0.4) is 0 Å². The predicted octanol–water partition coefficient (Wildman–Crippen LogP) is 2.97. The summed E-state index contributed by atoms with van der Waals surface area (Å²) in [5.74, 6) is 0.802. The van der Waals surface area contributed by atoms with Gasteiger partial charge in [-0.15, -0.1) is 0 Å². The highest BCUT2D eigenvalue weighted by Gasteiger charge is 2.35. The van der Waals surface area contributed by atoms with Gasteiger partial charge < -0.3 is 10.1 Å². The predicted molar refractivity (Wildman–Crippen MR) is 67.5 cm³/mol. The molecule has 0 amide bonds. The summed E-state index contributed by atoms with van der Waals surface area (Å²) in [5.41, 5.74) is 0.551. The van der Waals surface area contributed by atoms with E-state index in [2.05, 4.69) is 33.0 Å². The second-order valence-electron chi connectivity index (χ2n) is 6.63. The van der Waals surface area contributed by atoms with Gasteiger partial charge in [0, 0.05) is 18.7 Å². The van der Waals surface area contributed by atoms with Crippen molar-refractivity contribution in [3.8, 4) is 0 Å². The molecule has 4 unspecified atom stereocenters. The molecule has 2 nitrogen and oxygen atoms in total. The Morgan fingerprint density at radius 2 is 1.88 bits per heavy atom. The molecule has 2 rings (SSSR count). The van der Waals surface area contributed by atoms with Gasteiger partial charge in [0.1, 0.15) is 0 Å². The Hall–Kier alpha value is -0.0800. The third-order valence-corrected chi connectivity index (χ3v) is 4.50. The summed E-state index contributed by atoms with van der Waals surface area (Å²) in [6.45, 7) is 10.3. The van der Waals surface area contributed by atoms with Crippen molar-refractivity contribution >= 4 is 0 Å². The Kier molecular flexibility index (Phi) is 3.60. The molecule has 1 aliphatic heterocycles. The number of nitrogens with one attached hydrogen (secondary N) is 1. The van der Waals surface area contributed by atoms with Crippen molar-refractivity contribution in [2.75, 3.05) is 6.61 Å². The lowest BCUT2D eigenvalue weighted by Crippen LogP contribution is -2.48. The smallest absolute Gasteiger partial charge is 0.0700 e. The molecule has 1 heterocycles. The van der Waals surface area contributed by atoms with Gasteiger partial charge in [-0.25, -0.2) is 0 Å². The maximum atomic E-state index is 5.62. The van der Waals surface area contributed by atoms with Crippen LogP contribution in [0.25, 0.3) is 0 Å². The first-order chi connectivity index (χ1) is 7.48. The van der Waals surface area contributed by atoms with Gasteiger partial charge in [-0.3, -0.25) is 0 Å². The molecule has 4 atom stereocenters. The highest BCUT2D eigenvalue weighted by Crippen LogP contribution is 2.38. The Morgan fingerprint density at radius 1 is 1.12 bits per heavy atom. The maximum absolute atomic E-state index is 5.62. The minimum Gasteiger partial charge on any atom is -0.377 e. The van der Waals surface area contributed by atoms with Crippen molar-refractivity contribution in [2.45, 2.75) is 71.6 Å². The molecule has 0 aromatic heterocycles. The summed E-state index contributed by atoms with van der Waals surface area (Å²) in [5, 5.41) is 3.83. The molecule has 1 saturated carbocycles. The van der Waals surface area contributed by atoms with E-state index in [-0.39, 0.29) is 0 Å². The largest absolute Gasteiger partial charge is 0.377 e. The molecule has 2 aliphatic rings. The van der Waals surface area contributed by atoms with Crippen LogP contribution in [-0.4, -0.2) is 24.8 Å². The van der Waals surface area contributed by atoms with E-state index >= 15 is 0 Å². The minimum atomic E-state index is 0.405. The van der Waals surface area contributed by atoms with Crippen LogP contribution in [0.1, 0.15) is 53.4 Å². The third-order valence-electron chi connectivity index (χ3n) is 4.50. The zero-order valence-corrected chi connectivity index (χ0v) is 11.3. The molecule has 94 valence electrons. The molecule has 16 heavy (non-hydrogen) atoms. The molecule has 0 aromatic carbocycles. The van der Waals surface area contributed by atoms with Crippen LogP contribution in [0, 0.1) is 11.3 Å². The van der Waals surface area contributed by atoms with Crippen LogP contribution in [0.15, 0.2) is 0 Å². The van der Waals surface area contributed by atoms with Gasteiger partial charge in [0.05, 0.1) is 6.10 Å². The monoisotopic (exact) mass is 225 g/mol. The number of ether oxygens (including phenoxy) is 1. The van der Waals surface area contributed by atoms with Crippen molar-refractivity contribution in [2.24, 2.45) is 11.3 Å². The zero-order valence-electron chi connectivity index (χ0n) is 11.3. The normalized spacial score (nSPS) is 43.5. The summed E-state index contributed by atoms with van der Waals surface area (Å²) in [6, 6.07) is 1.30. The van der Waals surface area contributed by atoms with Crippen molar-refractivity contribution < 1.29 is 4.74 Å². The highest BCUT2D eigenvalue weighted by molar-refractivity contribution is 4.90. The molecule has 0 radical (unpaired) electrons. The van der Waals surface area contributed by atoms with E-state index in [0.29, 0.717) is 23.6 Å². The van der Waals surface area contributed by atoms with Crippen molar-refractivity contribution in [3.05, 3.63) is 0 Å². The molecular weight excluding hydrogens is 198 g/mol. The average Bonchev–Trinajstić information content (AvgIpc) is 2.56. The Morgan fingerprint density at radius 3 is 2.44 bits per heavy atom. The van der Waals surface area contributed by atoms with Crippen LogP contribution >= 0.6 is 0 Å². The van der Waals surface area contributed by atoms with E-state index in [1.165, 1.54) is 25.7 Å². The Labute approximate surface area is 100 Å². The Bertz CT molecular complexity index is 239. The Balaban J connectivity index is 1.86. The average molecular weight is 225 g/mol. The fraction of sp³-hybridized carbons (Fsp3) is 1.00. The lowest BCUT2D eigenvalue weighted by atomic mass is 9.70. The van der Waals surface area contributed by atoms with Gasteiger partial charge in [-0.2, -0.15) is 0 Å². The highest BCUT2D eigenvalue weighted by atomic mass is 16.5. The van der Waals surface area contributed by atoms with E-state index in [0.717, 1.165) is 12.5 Å². The summed E-state index contributed by atoms with van der Waals surface area (Å²) in [6.07, 6.45) is 5.64. The third kappa shape index (κ3) is 2.78. The van der Waals surface area contributed by atoms with Crippen molar-refractivity contribution in [1.29, 1.82) is 0 Å². The summed E-state index contributed by atoms with van der Waals surface area (Å²) in [7, 11) is 0. The van der Waals surface area contributed by atoms with Crippen LogP contribution < -0.4 is 5.32 Å². The molecule has 1 aliphatic carbocycles. The zero-order chi connectivity index (χ0) is 11.8. The number of hydrogen-bond donors (Lipinski definition) is 1. The van der Waals surface area contributed by atoms with Gasteiger partial charge in [0.15, 0.2) is 0 Å². The topological polar surface area (TPSA) is 21.3 Å². The number of rotatable bonds is 2. The van der Waals surface area contributed by atoms with E-state index in [1.54, 1.807) is 0 Å². The molecule has 1 N–H and O–H groups in total. The quantitative estimate of drug-likeness (QED) is 0.780.